The quantitative estimate of drug-likeness (QED) is 0.429. The highest BCUT2D eigenvalue weighted by molar-refractivity contribution is 7.53. The normalized spacial score (nSPS) is 15.0. The van der Waals surface area contributed by atoms with Gasteiger partial charge >= 0.3 is 0 Å². The maximum absolute atomic E-state index is 9.57. The van der Waals surface area contributed by atoms with E-state index in [-0.39, 0.29) is 0 Å². The lowest BCUT2D eigenvalue weighted by Gasteiger charge is -2.34. The predicted molar refractivity (Wildman–Crippen MR) is 19.1 cm³/mol. The minimum absolute atomic E-state index is 2.49. The van der Waals surface area contributed by atoms with Gasteiger partial charge in [0.15, 0.2) is 0 Å². The van der Waals surface area contributed by atoms with E-state index in [4.69, 9.17) is 0 Å². The molecule has 0 radical (unpaired) electrons. The highest BCUT2D eigenvalue weighted by Crippen LogP contribution is 2.29. The van der Waals surface area contributed by atoms with E-state index in [9.17, 15) is 14.7 Å². The highest BCUT2D eigenvalue weighted by Gasteiger charge is 1.74. The maximum Gasteiger partial charge on any atom is 0.0121 e. The molecule has 0 aromatic heterocycles. The van der Waals surface area contributed by atoms with E-state index in [0.717, 1.165) is 0 Å². The molecule has 0 aromatic carbocycles. The summed E-state index contributed by atoms with van der Waals surface area (Å²) < 4.78 is 3.49. The van der Waals surface area contributed by atoms with Crippen molar-refractivity contribution in [3.8, 4) is 0 Å². The first-order chi connectivity index (χ1) is 3.13. The summed E-state index contributed by atoms with van der Waals surface area (Å²) in [5.41, 5.74) is 4.40. The Kier molecular flexibility index (Phi) is 3.98. The summed E-state index contributed by atoms with van der Waals surface area (Å²) >= 11 is 0. The second kappa shape index (κ2) is 3.64. The van der Waals surface area contributed by atoms with Gasteiger partial charge < -0.3 is 19.0 Å². The van der Waals surface area contributed by atoms with Crippen LogP contribution in [-0.2, 0) is 4.31 Å². The Morgan fingerprint density at radius 3 is 1.71 bits per heavy atom. The van der Waals surface area contributed by atoms with Crippen LogP contribution in [0.3, 0.4) is 0 Å². The molecule has 44 valence electrons. The number of hydrogen-bond acceptors (Lipinski definition) is 5. The molecule has 0 heterocycles. The lowest BCUT2D eigenvalue weighted by Crippen LogP contribution is -2.14. The van der Waals surface area contributed by atoms with Crippen LogP contribution in [0, 0.1) is 0 Å². The molecule has 0 aliphatic rings. The van der Waals surface area contributed by atoms with Crippen LogP contribution < -0.4 is 20.2 Å². The zero-order valence-corrected chi connectivity index (χ0v) is 4.89. The average molecular weight is 142 g/mol. The Labute approximate surface area is 42.7 Å². The molecule has 0 rings (SSSR count). The Hall–Kier alpha value is 0.660. The van der Waals surface area contributed by atoms with Gasteiger partial charge in [-0.2, -0.15) is 8.60 Å². The summed E-state index contributed by atoms with van der Waals surface area (Å²) in [6, 6.07) is 0. The van der Waals surface area contributed by atoms with Crippen LogP contribution >= 0.6 is 17.1 Å². The van der Waals surface area contributed by atoms with Crippen molar-refractivity contribution in [1.82, 2.24) is 0 Å². The number of rotatable bonds is 2. The van der Waals surface area contributed by atoms with Gasteiger partial charge in [-0.25, -0.2) is 0 Å². The van der Waals surface area contributed by atoms with Crippen molar-refractivity contribution in [3.63, 3.8) is 0 Å². The molecule has 1 unspecified atom stereocenters. The summed E-state index contributed by atoms with van der Waals surface area (Å²) in [5.74, 6) is 0. The molecule has 0 fully saturated rings. The van der Waals surface area contributed by atoms with Crippen LogP contribution in [0.4, 0.5) is 0 Å². The van der Waals surface area contributed by atoms with Gasteiger partial charge in [-0.1, -0.05) is 0 Å². The highest BCUT2D eigenvalue weighted by atomic mass is 31.2. The van der Waals surface area contributed by atoms with Gasteiger partial charge in [0.25, 0.3) is 0 Å². The average Bonchev–Trinajstić information content (AvgIpc) is 1.27. The van der Waals surface area contributed by atoms with Gasteiger partial charge in [0.2, 0.25) is 0 Å². The molecule has 0 spiro atoms. The van der Waals surface area contributed by atoms with Crippen LogP contribution in [0.5, 0.6) is 0 Å². The molecule has 2 N–H and O–H groups in total. The molecular weight excluding hydrogens is 140 g/mol. The van der Waals surface area contributed by atoms with E-state index < -0.39 is 17.1 Å². The van der Waals surface area contributed by atoms with Gasteiger partial charge in [0.1, 0.15) is 0 Å². The monoisotopic (exact) mass is 142 g/mol. The lowest BCUT2D eigenvalue weighted by molar-refractivity contribution is -0.313. The Morgan fingerprint density at radius 1 is 1.29 bits per heavy atom. The van der Waals surface area contributed by atoms with Gasteiger partial charge in [-0.15, -0.1) is 0 Å². The fourth-order valence-corrected chi connectivity index (χ4v) is 0.591. The number of hydrogen-bond donors (Lipinski definition) is 1. The fourth-order valence-electron chi connectivity index (χ4n) is 0.0657. The summed E-state index contributed by atoms with van der Waals surface area (Å²) in [5, 5.41) is 0. The molecule has 0 saturated heterocycles. The largest absolute Gasteiger partial charge is 0.820 e. The summed E-state index contributed by atoms with van der Waals surface area (Å²) in [7, 11) is -5.53. The SMILES string of the molecule is NP([O-])OP([O-])[O-]. The van der Waals surface area contributed by atoms with E-state index in [1.54, 1.807) is 0 Å². The van der Waals surface area contributed by atoms with Crippen molar-refractivity contribution >= 4 is 17.1 Å². The summed E-state index contributed by atoms with van der Waals surface area (Å²) in [6.45, 7) is 0. The predicted octanol–water partition coefficient (Wildman–Crippen LogP) is -2.50. The van der Waals surface area contributed by atoms with Gasteiger partial charge in [0.05, 0.1) is 0 Å². The second-order valence-electron chi connectivity index (χ2n) is 0.591. The molecule has 0 aliphatic carbocycles. The van der Waals surface area contributed by atoms with Gasteiger partial charge in [0, 0.05) is 8.53 Å². The van der Waals surface area contributed by atoms with Crippen molar-refractivity contribution in [2.75, 3.05) is 0 Å². The first-order valence-corrected chi connectivity index (χ1v) is 3.51. The van der Waals surface area contributed by atoms with Crippen molar-refractivity contribution in [1.29, 1.82) is 0 Å². The van der Waals surface area contributed by atoms with Crippen molar-refractivity contribution in [2.24, 2.45) is 5.50 Å². The minimum atomic E-state index is -3.05. The first-order valence-electron chi connectivity index (χ1n) is 1.17. The van der Waals surface area contributed by atoms with E-state index in [1.165, 1.54) is 0 Å². The van der Waals surface area contributed by atoms with E-state index in [0.29, 0.717) is 0 Å². The van der Waals surface area contributed by atoms with E-state index in [2.05, 4.69) is 9.81 Å². The number of nitrogens with two attached hydrogens (primary N) is 1. The molecule has 0 bridgehead atoms. The third kappa shape index (κ3) is 6.66. The Bertz CT molecular complexity index is 39.0. The third-order valence-electron chi connectivity index (χ3n) is 0.147. The van der Waals surface area contributed by atoms with Crippen LogP contribution in [0.1, 0.15) is 0 Å². The molecule has 7 heavy (non-hydrogen) atoms. The van der Waals surface area contributed by atoms with Crippen molar-refractivity contribution < 1.29 is 19.0 Å². The Morgan fingerprint density at radius 2 is 1.71 bits per heavy atom. The summed E-state index contributed by atoms with van der Waals surface area (Å²) in [6.07, 6.45) is 0. The lowest BCUT2D eigenvalue weighted by atomic mass is 13.9. The molecule has 5 nitrogen and oxygen atoms in total. The van der Waals surface area contributed by atoms with Gasteiger partial charge in [-0.3, -0.25) is 5.50 Å². The smallest absolute Gasteiger partial charge is 0.0121 e. The molecule has 0 aromatic rings. The molecule has 0 amide bonds. The second-order valence-corrected chi connectivity index (χ2v) is 2.26. The van der Waals surface area contributed by atoms with Crippen LogP contribution in [0.2, 0.25) is 0 Å². The standard InChI is InChI=1S/H2NO4P2/c1-6(2)5-7(3)4/h1H2/q-3. The molecule has 0 aliphatic heterocycles. The first kappa shape index (κ1) is 7.66. The molecular formula is H2NO4P2-3. The van der Waals surface area contributed by atoms with Crippen molar-refractivity contribution in [3.05, 3.63) is 0 Å². The zero-order valence-electron chi connectivity index (χ0n) is 3.10. The molecule has 0 saturated carbocycles. The zero-order chi connectivity index (χ0) is 5.86. The van der Waals surface area contributed by atoms with Gasteiger partial charge in [-0.05, 0) is 0 Å². The third-order valence-corrected chi connectivity index (χ3v) is 1.32. The minimum Gasteiger partial charge on any atom is -0.820 e. The Balaban J connectivity index is 2.95. The van der Waals surface area contributed by atoms with Crippen molar-refractivity contribution in [2.45, 2.75) is 0 Å². The van der Waals surface area contributed by atoms with Crippen LogP contribution in [0.25, 0.3) is 0 Å². The molecule has 1 atom stereocenters. The summed E-state index contributed by atoms with van der Waals surface area (Å²) in [4.78, 5) is 28.3. The molecule has 7 heteroatoms. The van der Waals surface area contributed by atoms with E-state index in [1.807, 2.05) is 0 Å². The topological polar surface area (TPSA) is 104 Å². The fraction of sp³-hybridized carbons (Fsp3) is 0. The van der Waals surface area contributed by atoms with Crippen LogP contribution in [-0.4, -0.2) is 0 Å². The van der Waals surface area contributed by atoms with Crippen LogP contribution in [0.15, 0.2) is 0 Å². The maximum atomic E-state index is 9.57. The van der Waals surface area contributed by atoms with E-state index >= 15 is 0 Å².